The Kier molecular flexibility index (Phi) is 3.94. The summed E-state index contributed by atoms with van der Waals surface area (Å²) in [5.74, 6) is 0.846. The summed E-state index contributed by atoms with van der Waals surface area (Å²) in [6, 6.07) is 7.48. The third-order valence-corrected chi connectivity index (χ3v) is 2.70. The fourth-order valence-corrected chi connectivity index (χ4v) is 1.89. The second-order valence-corrected chi connectivity index (χ2v) is 4.05. The van der Waals surface area contributed by atoms with E-state index in [-0.39, 0.29) is 5.91 Å². The van der Waals surface area contributed by atoms with Gasteiger partial charge in [-0.15, -0.1) is 0 Å². The molecule has 0 fully saturated rings. The van der Waals surface area contributed by atoms with E-state index in [1.54, 1.807) is 0 Å². The van der Waals surface area contributed by atoms with Crippen LogP contribution in [0.3, 0.4) is 0 Å². The van der Waals surface area contributed by atoms with Crippen molar-refractivity contribution in [3.8, 4) is 0 Å². The molecule has 1 aromatic carbocycles. The first-order chi connectivity index (χ1) is 9.17. The molecular weight excluding hydrogens is 242 g/mol. The van der Waals surface area contributed by atoms with Gasteiger partial charge in [-0.1, -0.05) is 19.1 Å². The van der Waals surface area contributed by atoms with Crippen LogP contribution in [0.15, 0.2) is 29.3 Å². The lowest BCUT2D eigenvalue weighted by molar-refractivity contribution is 0.0943. The Hall–Kier alpha value is -2.17. The number of hydrogen-bond donors (Lipinski definition) is 0. The van der Waals surface area contributed by atoms with Gasteiger partial charge in [0.15, 0.2) is 5.90 Å². The average Bonchev–Trinajstić information content (AvgIpc) is 2.76. The Morgan fingerprint density at radius 3 is 2.74 bits per heavy atom. The molecule has 0 aliphatic heterocycles. The summed E-state index contributed by atoms with van der Waals surface area (Å²) in [6.45, 7) is 5.90. The third kappa shape index (κ3) is 2.65. The van der Waals surface area contributed by atoms with Gasteiger partial charge in [0.05, 0.1) is 17.6 Å². The fraction of sp³-hybridized carbons (Fsp3) is 0.357. The molecule has 0 radical (unpaired) electrons. The minimum absolute atomic E-state index is 0.112. The lowest BCUT2D eigenvalue weighted by atomic mass is 10.3. The molecule has 0 amide bonds. The molecule has 0 atom stereocenters. The number of rotatable bonds is 3. The van der Waals surface area contributed by atoms with Crippen molar-refractivity contribution in [3.63, 3.8) is 0 Å². The first-order valence-corrected chi connectivity index (χ1v) is 6.36. The topological polar surface area (TPSA) is 56.5 Å². The first-order valence-electron chi connectivity index (χ1n) is 6.36. The van der Waals surface area contributed by atoms with E-state index >= 15 is 0 Å². The summed E-state index contributed by atoms with van der Waals surface area (Å²) in [5, 5.41) is 0. The van der Waals surface area contributed by atoms with E-state index in [1.807, 2.05) is 38.1 Å². The predicted molar refractivity (Wildman–Crippen MR) is 75.0 cm³/mol. The highest BCUT2D eigenvalue weighted by atomic mass is 16.5. The molecule has 0 saturated carbocycles. The van der Waals surface area contributed by atoms with E-state index in [0.717, 1.165) is 11.0 Å². The Balaban J connectivity index is 2.59. The van der Waals surface area contributed by atoms with Gasteiger partial charge in [0.2, 0.25) is 11.9 Å². The van der Waals surface area contributed by atoms with Crippen LogP contribution in [0.25, 0.3) is 11.0 Å². The molecule has 19 heavy (non-hydrogen) atoms. The first kappa shape index (κ1) is 13.3. The Morgan fingerprint density at radius 2 is 2.11 bits per heavy atom. The largest absolute Gasteiger partial charge is 0.481 e. The lowest BCUT2D eigenvalue weighted by Crippen LogP contribution is -2.07. The zero-order valence-corrected chi connectivity index (χ0v) is 11.4. The summed E-state index contributed by atoms with van der Waals surface area (Å²) in [4.78, 5) is 20.5. The second-order valence-electron chi connectivity index (χ2n) is 4.05. The van der Waals surface area contributed by atoms with E-state index in [1.165, 1.54) is 11.5 Å². The molecule has 5 nitrogen and oxygen atoms in total. The maximum absolute atomic E-state index is 11.8. The third-order valence-electron chi connectivity index (χ3n) is 2.70. The van der Waals surface area contributed by atoms with Gasteiger partial charge < -0.3 is 4.74 Å². The summed E-state index contributed by atoms with van der Waals surface area (Å²) in [7, 11) is 0. The van der Waals surface area contributed by atoms with Gasteiger partial charge in [-0.25, -0.2) is 9.55 Å². The summed E-state index contributed by atoms with van der Waals surface area (Å²) >= 11 is 0. The zero-order valence-electron chi connectivity index (χ0n) is 11.4. The number of ether oxygens (including phenoxy) is 1. The molecule has 0 bridgehead atoms. The monoisotopic (exact) mass is 259 g/mol. The quantitative estimate of drug-likeness (QED) is 0.628. The van der Waals surface area contributed by atoms with Crippen molar-refractivity contribution in [2.45, 2.75) is 27.2 Å². The van der Waals surface area contributed by atoms with Crippen molar-refractivity contribution >= 4 is 28.8 Å². The van der Waals surface area contributed by atoms with Gasteiger partial charge in [-0.2, -0.15) is 4.99 Å². The number of carbonyl (C=O) groups excluding carboxylic acids is 1. The number of nitrogens with zero attached hydrogens (tertiary/aromatic N) is 3. The van der Waals surface area contributed by atoms with Crippen LogP contribution in [0, 0.1) is 0 Å². The average molecular weight is 259 g/mol. The Morgan fingerprint density at radius 1 is 1.37 bits per heavy atom. The second kappa shape index (κ2) is 5.65. The molecule has 5 heteroatoms. The van der Waals surface area contributed by atoms with E-state index < -0.39 is 0 Å². The van der Waals surface area contributed by atoms with Gasteiger partial charge in [0, 0.05) is 13.3 Å². The van der Waals surface area contributed by atoms with Crippen molar-refractivity contribution in [1.82, 2.24) is 9.55 Å². The van der Waals surface area contributed by atoms with Gasteiger partial charge in [-0.05, 0) is 19.1 Å². The van der Waals surface area contributed by atoms with Gasteiger partial charge in [0.1, 0.15) is 0 Å². The van der Waals surface area contributed by atoms with Crippen molar-refractivity contribution < 1.29 is 9.53 Å². The molecule has 2 rings (SSSR count). The van der Waals surface area contributed by atoms with Crippen LogP contribution < -0.4 is 0 Å². The van der Waals surface area contributed by atoms with Crippen LogP contribution in [0.2, 0.25) is 0 Å². The fourth-order valence-electron chi connectivity index (χ4n) is 1.89. The highest BCUT2D eigenvalue weighted by Crippen LogP contribution is 2.22. The van der Waals surface area contributed by atoms with E-state index in [2.05, 4.69) is 9.98 Å². The summed E-state index contributed by atoms with van der Waals surface area (Å²) in [5.41, 5.74) is 1.52. The number of aliphatic imine (C=N–C) groups is 1. The minimum Gasteiger partial charge on any atom is -0.481 e. The number of benzene rings is 1. The molecular formula is C14H17N3O2. The molecule has 1 heterocycles. The SMILES string of the molecule is CCO/C(CC)=N\c1nc2ccccc2n1C(C)=O. The number of para-hydroxylation sites is 2. The summed E-state index contributed by atoms with van der Waals surface area (Å²) < 4.78 is 6.92. The van der Waals surface area contributed by atoms with Crippen molar-refractivity contribution in [1.29, 1.82) is 0 Å². The van der Waals surface area contributed by atoms with Crippen LogP contribution in [-0.4, -0.2) is 28.0 Å². The molecule has 2 aromatic rings. The normalized spacial score (nSPS) is 11.8. The summed E-state index contributed by atoms with van der Waals surface area (Å²) in [6.07, 6.45) is 0.662. The van der Waals surface area contributed by atoms with Crippen molar-refractivity contribution in [2.24, 2.45) is 4.99 Å². The van der Waals surface area contributed by atoms with Crippen LogP contribution in [0.1, 0.15) is 32.0 Å². The molecule has 0 aliphatic carbocycles. The van der Waals surface area contributed by atoms with Crippen LogP contribution >= 0.6 is 0 Å². The van der Waals surface area contributed by atoms with Gasteiger partial charge in [0.25, 0.3) is 0 Å². The maximum Gasteiger partial charge on any atom is 0.240 e. The number of carbonyl (C=O) groups is 1. The molecule has 0 N–H and O–H groups in total. The predicted octanol–water partition coefficient (Wildman–Crippen LogP) is 3.17. The van der Waals surface area contributed by atoms with Crippen LogP contribution in [-0.2, 0) is 4.74 Å². The molecule has 0 saturated heterocycles. The number of hydrogen-bond acceptors (Lipinski definition) is 4. The highest BCUT2D eigenvalue weighted by Gasteiger charge is 2.13. The molecule has 0 unspecified atom stereocenters. The van der Waals surface area contributed by atoms with Crippen LogP contribution in [0.4, 0.5) is 5.95 Å². The smallest absolute Gasteiger partial charge is 0.240 e. The zero-order chi connectivity index (χ0) is 13.8. The standard InChI is InChI=1S/C14H17N3O2/c1-4-13(19-5-2)16-14-15-11-8-6-7-9-12(11)17(14)10(3)18/h6-9H,4-5H2,1-3H3/b16-13-. The highest BCUT2D eigenvalue weighted by molar-refractivity contribution is 5.93. The maximum atomic E-state index is 11.8. The Bertz CT molecular complexity index is 629. The van der Waals surface area contributed by atoms with Crippen molar-refractivity contribution in [3.05, 3.63) is 24.3 Å². The number of fused-ring (bicyclic) bond motifs is 1. The lowest BCUT2D eigenvalue weighted by Gasteiger charge is -2.05. The molecule has 0 spiro atoms. The van der Waals surface area contributed by atoms with E-state index in [9.17, 15) is 4.79 Å². The molecule has 1 aromatic heterocycles. The van der Waals surface area contributed by atoms with Gasteiger partial charge in [-0.3, -0.25) is 4.79 Å². The number of aromatic nitrogens is 2. The van der Waals surface area contributed by atoms with Gasteiger partial charge >= 0.3 is 0 Å². The van der Waals surface area contributed by atoms with Crippen molar-refractivity contribution in [2.75, 3.05) is 6.61 Å². The van der Waals surface area contributed by atoms with E-state index in [0.29, 0.717) is 24.9 Å². The molecule has 0 aliphatic rings. The number of imidazole rings is 1. The van der Waals surface area contributed by atoms with Crippen LogP contribution in [0.5, 0.6) is 0 Å². The van der Waals surface area contributed by atoms with E-state index in [4.69, 9.17) is 4.74 Å². The Labute approximate surface area is 111 Å². The molecule has 100 valence electrons. The minimum atomic E-state index is -0.112.